The first-order chi connectivity index (χ1) is 12.0. The Labute approximate surface area is 147 Å². The highest BCUT2D eigenvalue weighted by atomic mass is 16.3. The average Bonchev–Trinajstić information content (AvgIpc) is 3.20. The Hall–Kier alpha value is -2.41. The summed E-state index contributed by atoms with van der Waals surface area (Å²) in [6.07, 6.45) is 5.45. The first-order valence-corrected chi connectivity index (χ1v) is 8.59. The second-order valence-electron chi connectivity index (χ2n) is 6.91. The van der Waals surface area contributed by atoms with Gasteiger partial charge in [-0.1, -0.05) is 0 Å². The number of likely N-dealkylation sites (tertiary alicyclic amines) is 1. The van der Waals surface area contributed by atoms with Gasteiger partial charge in [0.2, 0.25) is 0 Å². The number of aliphatic hydroxyl groups excluding tert-OH is 1. The number of aryl methyl sites for hydroxylation is 1. The van der Waals surface area contributed by atoms with E-state index in [1.54, 1.807) is 27.9 Å². The summed E-state index contributed by atoms with van der Waals surface area (Å²) in [6.45, 7) is 5.18. The number of carbonyl (C=O) groups excluding carboxylic acids is 1. The molecule has 0 radical (unpaired) electrons. The van der Waals surface area contributed by atoms with Crippen LogP contribution in [0.5, 0.6) is 0 Å². The zero-order valence-corrected chi connectivity index (χ0v) is 14.9. The van der Waals surface area contributed by atoms with E-state index < -0.39 is 0 Å². The van der Waals surface area contributed by atoms with Crippen LogP contribution in [0.4, 0.5) is 5.82 Å². The van der Waals surface area contributed by atoms with Crippen molar-refractivity contribution in [3.8, 4) is 0 Å². The van der Waals surface area contributed by atoms with Crippen molar-refractivity contribution in [3.05, 3.63) is 41.9 Å². The molecule has 7 nitrogen and oxygen atoms in total. The van der Waals surface area contributed by atoms with Gasteiger partial charge >= 0.3 is 0 Å². The molecule has 0 bridgehead atoms. The number of amides is 1. The van der Waals surface area contributed by atoms with Crippen LogP contribution in [0.2, 0.25) is 0 Å². The molecule has 134 valence electrons. The molecule has 0 aromatic carbocycles. The number of hydrogen-bond acceptors (Lipinski definition) is 5. The predicted octanol–water partition coefficient (Wildman–Crippen LogP) is 1.48. The van der Waals surface area contributed by atoms with E-state index in [0.717, 1.165) is 5.56 Å². The number of nitrogens with one attached hydrogen (secondary N) is 1. The molecule has 1 aliphatic rings. The van der Waals surface area contributed by atoms with Gasteiger partial charge in [0.25, 0.3) is 5.91 Å². The fraction of sp³-hybridized carbons (Fsp3) is 0.500. The highest BCUT2D eigenvalue weighted by Crippen LogP contribution is 2.33. The Kier molecular flexibility index (Phi) is 5.03. The molecular weight excluding hydrogens is 318 g/mol. The standard InChI is InChI=1S/C18H25N5O2/c1-12(2)21-17-15(5-4-6-19-17)18(25)23-9-14(11-24)16(10-23)13-7-20-22(3)8-13/h4-8,12,14,16,24H,9-11H2,1-3H3,(H,19,21)/t14-,16-/m0/s1. The van der Waals surface area contributed by atoms with Gasteiger partial charge in [-0.25, -0.2) is 4.98 Å². The summed E-state index contributed by atoms with van der Waals surface area (Å²) in [5, 5.41) is 17.2. The van der Waals surface area contributed by atoms with Crippen LogP contribution in [-0.4, -0.2) is 56.4 Å². The van der Waals surface area contributed by atoms with Gasteiger partial charge in [0.1, 0.15) is 5.82 Å². The lowest BCUT2D eigenvalue weighted by molar-refractivity contribution is 0.0782. The molecule has 0 unspecified atom stereocenters. The minimum atomic E-state index is -0.0545. The smallest absolute Gasteiger partial charge is 0.257 e. The molecule has 1 amide bonds. The highest BCUT2D eigenvalue weighted by Gasteiger charge is 2.37. The molecule has 1 aliphatic heterocycles. The number of aliphatic hydroxyl groups is 1. The van der Waals surface area contributed by atoms with Crippen LogP contribution in [0.3, 0.4) is 0 Å². The van der Waals surface area contributed by atoms with Gasteiger partial charge in [-0.15, -0.1) is 0 Å². The minimum Gasteiger partial charge on any atom is -0.396 e. The van der Waals surface area contributed by atoms with E-state index in [4.69, 9.17) is 0 Å². The molecule has 0 aliphatic carbocycles. The number of hydrogen-bond donors (Lipinski definition) is 2. The monoisotopic (exact) mass is 343 g/mol. The number of pyridine rings is 1. The lowest BCUT2D eigenvalue weighted by atomic mass is 9.92. The van der Waals surface area contributed by atoms with Gasteiger partial charge in [-0.3, -0.25) is 9.48 Å². The summed E-state index contributed by atoms with van der Waals surface area (Å²) >= 11 is 0. The van der Waals surface area contributed by atoms with Gasteiger partial charge in [0.05, 0.1) is 11.8 Å². The molecule has 2 atom stereocenters. The van der Waals surface area contributed by atoms with Crippen LogP contribution in [-0.2, 0) is 7.05 Å². The lowest BCUT2D eigenvalue weighted by Gasteiger charge is -2.19. The fourth-order valence-corrected chi connectivity index (χ4v) is 3.37. The first kappa shape index (κ1) is 17.4. The second-order valence-corrected chi connectivity index (χ2v) is 6.91. The molecule has 7 heteroatoms. The van der Waals surface area contributed by atoms with Crippen LogP contribution in [0.25, 0.3) is 0 Å². The summed E-state index contributed by atoms with van der Waals surface area (Å²) in [5.41, 5.74) is 1.63. The van der Waals surface area contributed by atoms with Gasteiger partial charge < -0.3 is 15.3 Å². The number of nitrogens with zero attached hydrogens (tertiary/aromatic N) is 4. The predicted molar refractivity (Wildman–Crippen MR) is 95.4 cm³/mol. The van der Waals surface area contributed by atoms with Gasteiger partial charge in [0, 0.05) is 57.0 Å². The third-order valence-electron chi connectivity index (χ3n) is 4.58. The molecule has 3 rings (SSSR count). The van der Waals surface area contributed by atoms with E-state index >= 15 is 0 Å². The Morgan fingerprint density at radius 3 is 2.88 bits per heavy atom. The highest BCUT2D eigenvalue weighted by molar-refractivity contribution is 5.99. The first-order valence-electron chi connectivity index (χ1n) is 8.59. The molecular formula is C18H25N5O2. The van der Waals surface area contributed by atoms with Crippen molar-refractivity contribution in [1.82, 2.24) is 19.7 Å². The zero-order valence-electron chi connectivity index (χ0n) is 14.9. The van der Waals surface area contributed by atoms with Crippen LogP contribution >= 0.6 is 0 Å². The Morgan fingerprint density at radius 1 is 1.44 bits per heavy atom. The zero-order chi connectivity index (χ0) is 18.0. The van der Waals surface area contributed by atoms with Crippen molar-refractivity contribution < 1.29 is 9.90 Å². The number of aromatic nitrogens is 3. The average molecular weight is 343 g/mol. The largest absolute Gasteiger partial charge is 0.396 e. The Balaban J connectivity index is 1.82. The van der Waals surface area contributed by atoms with Gasteiger partial charge in [0.15, 0.2) is 0 Å². The summed E-state index contributed by atoms with van der Waals surface area (Å²) < 4.78 is 1.75. The van der Waals surface area contributed by atoms with Crippen molar-refractivity contribution in [1.29, 1.82) is 0 Å². The van der Waals surface area contributed by atoms with Crippen LogP contribution < -0.4 is 5.32 Å². The second kappa shape index (κ2) is 7.23. The summed E-state index contributed by atoms with van der Waals surface area (Å²) in [5.74, 6) is 0.668. The fourth-order valence-electron chi connectivity index (χ4n) is 3.37. The van der Waals surface area contributed by atoms with E-state index in [0.29, 0.717) is 24.5 Å². The van der Waals surface area contributed by atoms with Crippen molar-refractivity contribution in [2.75, 3.05) is 25.0 Å². The third-order valence-corrected chi connectivity index (χ3v) is 4.58. The summed E-state index contributed by atoms with van der Waals surface area (Å²) in [4.78, 5) is 19.2. The Morgan fingerprint density at radius 2 is 2.24 bits per heavy atom. The van der Waals surface area contributed by atoms with E-state index in [2.05, 4.69) is 15.4 Å². The van der Waals surface area contributed by atoms with E-state index in [9.17, 15) is 9.90 Å². The van der Waals surface area contributed by atoms with E-state index in [1.165, 1.54) is 0 Å². The maximum absolute atomic E-state index is 13.0. The van der Waals surface area contributed by atoms with Crippen LogP contribution in [0.1, 0.15) is 35.7 Å². The number of carbonyl (C=O) groups is 1. The third kappa shape index (κ3) is 3.66. The van der Waals surface area contributed by atoms with Crippen LogP contribution in [0, 0.1) is 5.92 Å². The van der Waals surface area contributed by atoms with E-state index in [-0.39, 0.29) is 30.4 Å². The van der Waals surface area contributed by atoms with Crippen LogP contribution in [0.15, 0.2) is 30.7 Å². The Bertz CT molecular complexity index is 743. The molecule has 1 fully saturated rings. The quantitative estimate of drug-likeness (QED) is 0.859. The van der Waals surface area contributed by atoms with Gasteiger partial charge in [-0.2, -0.15) is 5.10 Å². The summed E-state index contributed by atoms with van der Waals surface area (Å²) in [7, 11) is 1.87. The number of rotatable bonds is 5. The maximum atomic E-state index is 13.0. The molecule has 25 heavy (non-hydrogen) atoms. The van der Waals surface area contributed by atoms with Gasteiger partial charge in [-0.05, 0) is 31.5 Å². The van der Waals surface area contributed by atoms with Crippen molar-refractivity contribution in [3.63, 3.8) is 0 Å². The number of anilines is 1. The molecule has 1 saturated heterocycles. The lowest BCUT2D eigenvalue weighted by Crippen LogP contribution is -2.30. The maximum Gasteiger partial charge on any atom is 0.257 e. The molecule has 3 heterocycles. The van der Waals surface area contributed by atoms with Crippen molar-refractivity contribution >= 4 is 11.7 Å². The van der Waals surface area contributed by atoms with Crippen molar-refractivity contribution in [2.24, 2.45) is 13.0 Å². The topological polar surface area (TPSA) is 83.3 Å². The van der Waals surface area contributed by atoms with Crippen molar-refractivity contribution in [2.45, 2.75) is 25.8 Å². The molecule has 2 aromatic heterocycles. The molecule has 0 saturated carbocycles. The van der Waals surface area contributed by atoms with E-state index in [1.807, 2.05) is 33.3 Å². The molecule has 2 aromatic rings. The molecule has 0 spiro atoms. The summed E-state index contributed by atoms with van der Waals surface area (Å²) in [6, 6.07) is 3.76. The normalized spacial score (nSPS) is 20.3. The SMILES string of the molecule is CC(C)Nc1ncccc1C(=O)N1C[C@@H](CO)[C@H](c2cnn(C)c2)C1. The minimum absolute atomic E-state index is 0.0197. The molecule has 2 N–H and O–H groups in total.